The number of nitrogens with one attached hydrogen (secondary N) is 1. The van der Waals surface area contributed by atoms with Gasteiger partial charge in [0.05, 0.1) is 41.9 Å². The van der Waals surface area contributed by atoms with Gasteiger partial charge in [0.25, 0.3) is 0 Å². The number of carbonyl (C=O) groups is 1. The molecule has 2 fully saturated rings. The third-order valence-corrected chi connectivity index (χ3v) is 5.17. The number of carbonyl (C=O) groups excluding carboxylic acids is 1. The van der Waals surface area contributed by atoms with Crippen molar-refractivity contribution in [2.75, 3.05) is 38.2 Å². The van der Waals surface area contributed by atoms with Gasteiger partial charge in [-0.3, -0.25) is 4.79 Å². The van der Waals surface area contributed by atoms with Crippen LogP contribution in [0, 0.1) is 0 Å². The fourth-order valence-electron chi connectivity index (χ4n) is 3.16. The molecule has 2 aromatic rings. The zero-order chi connectivity index (χ0) is 17.4. The highest BCUT2D eigenvalue weighted by Crippen LogP contribution is 2.31. The Morgan fingerprint density at radius 2 is 2.00 bits per heavy atom. The Kier molecular flexibility index (Phi) is 4.41. The van der Waals surface area contributed by atoms with E-state index in [0.29, 0.717) is 59.5 Å². The lowest BCUT2D eigenvalue weighted by Gasteiger charge is -2.22. The monoisotopic (exact) mass is 382 g/mol. The highest BCUT2D eigenvalue weighted by atomic mass is 35.5. The van der Waals surface area contributed by atoms with Gasteiger partial charge in [0.15, 0.2) is 5.79 Å². The number of aromatic nitrogens is 2. The number of hydrogen-bond acceptors (Lipinski definition) is 6. The van der Waals surface area contributed by atoms with Crippen molar-refractivity contribution >= 4 is 45.8 Å². The molecular weight excluding hydrogens is 367 g/mol. The van der Waals surface area contributed by atoms with E-state index in [-0.39, 0.29) is 12.5 Å². The molecule has 1 aromatic heterocycles. The first-order chi connectivity index (χ1) is 12.1. The molecule has 7 nitrogen and oxygen atoms in total. The molecule has 1 N–H and O–H groups in total. The zero-order valence-corrected chi connectivity index (χ0v) is 14.8. The van der Waals surface area contributed by atoms with Gasteiger partial charge in [-0.2, -0.15) is 0 Å². The van der Waals surface area contributed by atoms with Gasteiger partial charge in [0, 0.05) is 18.4 Å². The third kappa shape index (κ3) is 3.25. The molecule has 1 spiro atoms. The van der Waals surface area contributed by atoms with E-state index in [1.807, 2.05) is 0 Å². The predicted molar refractivity (Wildman–Crippen MR) is 93.9 cm³/mol. The van der Waals surface area contributed by atoms with Crippen molar-refractivity contribution in [3.05, 3.63) is 28.5 Å². The molecule has 0 aliphatic carbocycles. The van der Waals surface area contributed by atoms with Crippen LogP contribution >= 0.6 is 23.2 Å². The highest BCUT2D eigenvalue weighted by molar-refractivity contribution is 6.42. The van der Waals surface area contributed by atoms with Gasteiger partial charge in [-0.25, -0.2) is 9.97 Å². The van der Waals surface area contributed by atoms with Crippen molar-refractivity contribution in [3.8, 4) is 0 Å². The molecule has 1 amide bonds. The number of likely N-dealkylation sites (tertiary alicyclic amines) is 1. The van der Waals surface area contributed by atoms with Gasteiger partial charge >= 0.3 is 0 Å². The summed E-state index contributed by atoms with van der Waals surface area (Å²) in [5.74, 6) is -0.108. The van der Waals surface area contributed by atoms with Crippen molar-refractivity contribution in [1.29, 1.82) is 0 Å². The Labute approximate surface area is 154 Å². The summed E-state index contributed by atoms with van der Waals surface area (Å²) in [5, 5.41) is 4.61. The second-order valence-corrected chi connectivity index (χ2v) is 6.85. The van der Waals surface area contributed by atoms with Gasteiger partial charge in [-0.15, -0.1) is 0 Å². The fraction of sp³-hybridized carbons (Fsp3) is 0.438. The van der Waals surface area contributed by atoms with E-state index in [0.717, 1.165) is 0 Å². The summed E-state index contributed by atoms with van der Waals surface area (Å²) in [6.07, 6.45) is 2.12. The van der Waals surface area contributed by atoms with Crippen LogP contribution < -0.4 is 5.32 Å². The Balaban J connectivity index is 1.45. The first-order valence-electron chi connectivity index (χ1n) is 7.96. The van der Waals surface area contributed by atoms with Crippen LogP contribution in [0.2, 0.25) is 10.0 Å². The van der Waals surface area contributed by atoms with Crippen molar-refractivity contribution in [3.63, 3.8) is 0 Å². The fourth-order valence-corrected chi connectivity index (χ4v) is 3.48. The molecule has 0 atom stereocenters. The molecule has 9 heteroatoms. The van der Waals surface area contributed by atoms with Crippen LogP contribution in [0.25, 0.3) is 10.9 Å². The van der Waals surface area contributed by atoms with E-state index in [1.54, 1.807) is 17.0 Å². The molecule has 0 saturated carbocycles. The normalized spacial score (nSPS) is 19.0. The highest BCUT2D eigenvalue weighted by Gasteiger charge is 2.44. The van der Waals surface area contributed by atoms with Crippen molar-refractivity contribution in [1.82, 2.24) is 14.9 Å². The van der Waals surface area contributed by atoms with E-state index in [4.69, 9.17) is 32.7 Å². The second kappa shape index (κ2) is 6.57. The minimum atomic E-state index is -0.610. The number of ether oxygens (including phenoxy) is 2. The van der Waals surface area contributed by atoms with E-state index < -0.39 is 5.79 Å². The number of nitrogens with zero attached hydrogens (tertiary/aromatic N) is 3. The van der Waals surface area contributed by atoms with Gasteiger partial charge in [-0.1, -0.05) is 23.2 Å². The van der Waals surface area contributed by atoms with E-state index in [1.165, 1.54) is 6.33 Å². The van der Waals surface area contributed by atoms with E-state index in [2.05, 4.69) is 15.3 Å². The van der Waals surface area contributed by atoms with Crippen LogP contribution in [-0.2, 0) is 14.3 Å². The minimum absolute atomic E-state index is 0.0391. The topological polar surface area (TPSA) is 76.6 Å². The van der Waals surface area contributed by atoms with Crippen LogP contribution in [0.5, 0.6) is 0 Å². The smallest absolute Gasteiger partial charge is 0.242 e. The molecule has 3 heterocycles. The predicted octanol–water partition coefficient (Wildman–Crippen LogP) is 2.32. The largest absolute Gasteiger partial charge is 0.360 e. The van der Waals surface area contributed by atoms with Crippen LogP contribution in [0.1, 0.15) is 6.42 Å². The summed E-state index contributed by atoms with van der Waals surface area (Å²) < 4.78 is 11.3. The molecule has 25 heavy (non-hydrogen) atoms. The van der Waals surface area contributed by atoms with Crippen molar-refractivity contribution in [2.45, 2.75) is 12.2 Å². The lowest BCUT2D eigenvalue weighted by molar-refractivity contribution is -0.151. The van der Waals surface area contributed by atoms with Crippen LogP contribution in [0.3, 0.4) is 0 Å². The summed E-state index contributed by atoms with van der Waals surface area (Å²) >= 11 is 12.1. The standard InChI is InChI=1S/C16H16Cl2N4O3/c17-11-5-10-13(6-12(11)18)20-9-21-15(10)19-7-14(23)22-2-1-16(8-22)24-3-4-25-16/h5-6,9H,1-4,7-8H2,(H,19,20,21). The Hall–Kier alpha value is -1.67. The number of amides is 1. The SMILES string of the molecule is O=C(CNc1ncnc2cc(Cl)c(Cl)cc12)N1CCC2(C1)OCCO2. The Morgan fingerprint density at radius 3 is 2.80 bits per heavy atom. The molecule has 132 valence electrons. The summed E-state index contributed by atoms with van der Waals surface area (Å²) in [7, 11) is 0. The first kappa shape index (κ1) is 16.8. The molecule has 2 aliphatic heterocycles. The van der Waals surface area contributed by atoms with Crippen LogP contribution in [0.15, 0.2) is 18.5 Å². The molecule has 2 saturated heterocycles. The van der Waals surface area contributed by atoms with Gasteiger partial charge in [0.2, 0.25) is 5.91 Å². The summed E-state index contributed by atoms with van der Waals surface area (Å²) in [4.78, 5) is 22.6. The van der Waals surface area contributed by atoms with Crippen molar-refractivity contribution in [2.24, 2.45) is 0 Å². The molecule has 0 bridgehead atoms. The molecular formula is C16H16Cl2N4O3. The molecule has 0 unspecified atom stereocenters. The van der Waals surface area contributed by atoms with Crippen LogP contribution in [-0.4, -0.2) is 59.4 Å². The number of anilines is 1. The van der Waals surface area contributed by atoms with Gasteiger partial charge in [0.1, 0.15) is 12.1 Å². The van der Waals surface area contributed by atoms with Gasteiger partial charge < -0.3 is 19.7 Å². The maximum atomic E-state index is 12.5. The number of rotatable bonds is 3. The van der Waals surface area contributed by atoms with E-state index in [9.17, 15) is 4.79 Å². The number of hydrogen-bond donors (Lipinski definition) is 1. The quantitative estimate of drug-likeness (QED) is 0.877. The third-order valence-electron chi connectivity index (χ3n) is 4.45. The summed E-state index contributed by atoms with van der Waals surface area (Å²) in [6.45, 7) is 2.35. The van der Waals surface area contributed by atoms with Gasteiger partial charge in [-0.05, 0) is 12.1 Å². The maximum absolute atomic E-state index is 12.5. The number of fused-ring (bicyclic) bond motifs is 1. The summed E-state index contributed by atoms with van der Waals surface area (Å²) in [6, 6.07) is 3.37. The lowest BCUT2D eigenvalue weighted by atomic mass is 10.2. The number of benzene rings is 1. The number of halogens is 2. The Morgan fingerprint density at radius 1 is 1.24 bits per heavy atom. The van der Waals surface area contributed by atoms with Crippen molar-refractivity contribution < 1.29 is 14.3 Å². The average molecular weight is 383 g/mol. The lowest BCUT2D eigenvalue weighted by Crippen LogP contribution is -2.39. The molecule has 2 aliphatic rings. The average Bonchev–Trinajstić information content (AvgIpc) is 3.24. The maximum Gasteiger partial charge on any atom is 0.242 e. The molecule has 4 rings (SSSR count). The Bertz CT molecular complexity index is 826. The first-order valence-corrected chi connectivity index (χ1v) is 8.71. The van der Waals surface area contributed by atoms with E-state index >= 15 is 0 Å². The summed E-state index contributed by atoms with van der Waals surface area (Å²) in [5.41, 5.74) is 0.659. The minimum Gasteiger partial charge on any atom is -0.360 e. The molecule has 0 radical (unpaired) electrons. The molecule has 1 aromatic carbocycles. The van der Waals surface area contributed by atoms with Crippen LogP contribution in [0.4, 0.5) is 5.82 Å². The second-order valence-electron chi connectivity index (χ2n) is 6.03. The zero-order valence-electron chi connectivity index (χ0n) is 13.3.